The lowest BCUT2D eigenvalue weighted by Gasteiger charge is -2.19. The summed E-state index contributed by atoms with van der Waals surface area (Å²) < 4.78 is 42.8. The fraction of sp³-hybridized carbons (Fsp3) is 0.208. The quantitative estimate of drug-likeness (QED) is 0.542. The number of rotatable bonds is 6. The molecule has 3 rings (SSSR count). The fourth-order valence-corrected chi connectivity index (χ4v) is 3.77. The Kier molecular flexibility index (Phi) is 6.45. The topological polar surface area (TPSA) is 72.5 Å². The van der Waals surface area contributed by atoms with Gasteiger partial charge < -0.3 is 10.1 Å². The van der Waals surface area contributed by atoms with E-state index in [1.807, 2.05) is 0 Å². The summed E-state index contributed by atoms with van der Waals surface area (Å²) in [5, 5.41) is 2.78. The summed E-state index contributed by atoms with van der Waals surface area (Å²) in [6, 6.07) is 19.0. The lowest BCUT2D eigenvalue weighted by molar-refractivity contribution is 0.102. The van der Waals surface area contributed by atoms with E-state index in [0.29, 0.717) is 28.3 Å². The van der Waals surface area contributed by atoms with E-state index < -0.39 is 20.4 Å². The van der Waals surface area contributed by atoms with Gasteiger partial charge in [0, 0.05) is 17.3 Å². The lowest BCUT2D eigenvalue weighted by Crippen LogP contribution is -2.29. The Balaban J connectivity index is 1.67. The number of nitrogens with one attached hydrogen (secondary N) is 1. The highest BCUT2D eigenvalue weighted by Gasteiger charge is 2.29. The number of carbonyl (C=O) groups excluding carboxylic acids is 1. The SMILES string of the molecule is CC(C)(C)S(=O)(=O)Cc1cccc(NC(=O)c2ccc(Oc3cccc(F)c3)cc2)c1. The standard InChI is InChI=1S/C24H24FNO4S/c1-24(2,3)31(28,29)16-17-6-4-8-20(14-17)26-23(27)18-10-12-21(13-11-18)30-22-9-5-7-19(25)15-22/h4-15H,16H2,1-3H3,(H,26,27). The van der Waals surface area contributed by atoms with Crippen molar-refractivity contribution < 1.29 is 22.3 Å². The number of carbonyl (C=O) groups is 1. The van der Waals surface area contributed by atoms with Gasteiger partial charge in [-0.25, -0.2) is 12.8 Å². The molecular weight excluding hydrogens is 417 g/mol. The summed E-state index contributed by atoms with van der Waals surface area (Å²) in [7, 11) is -3.33. The van der Waals surface area contributed by atoms with Gasteiger partial charge in [0.15, 0.2) is 9.84 Å². The Bertz CT molecular complexity index is 1180. The lowest BCUT2D eigenvalue weighted by atomic mass is 10.2. The minimum absolute atomic E-state index is 0.105. The molecule has 0 aliphatic rings. The van der Waals surface area contributed by atoms with Crippen molar-refractivity contribution in [2.75, 3.05) is 5.32 Å². The van der Waals surface area contributed by atoms with Crippen LogP contribution in [0.5, 0.6) is 11.5 Å². The first-order chi connectivity index (χ1) is 14.5. The molecule has 0 saturated carbocycles. The molecule has 0 fully saturated rings. The van der Waals surface area contributed by atoms with E-state index in [1.165, 1.54) is 12.1 Å². The number of halogens is 1. The molecule has 0 atom stereocenters. The normalized spacial score (nSPS) is 11.7. The predicted molar refractivity (Wildman–Crippen MR) is 120 cm³/mol. The van der Waals surface area contributed by atoms with E-state index in [1.54, 1.807) is 81.4 Å². The van der Waals surface area contributed by atoms with Crippen LogP contribution < -0.4 is 10.1 Å². The summed E-state index contributed by atoms with van der Waals surface area (Å²) in [4.78, 5) is 12.6. The van der Waals surface area contributed by atoms with Gasteiger partial charge in [-0.2, -0.15) is 0 Å². The number of hydrogen-bond donors (Lipinski definition) is 1. The van der Waals surface area contributed by atoms with Crippen molar-refractivity contribution in [3.63, 3.8) is 0 Å². The molecule has 0 spiro atoms. The third-order valence-electron chi connectivity index (χ3n) is 4.62. The van der Waals surface area contributed by atoms with Gasteiger partial charge in [0.25, 0.3) is 5.91 Å². The van der Waals surface area contributed by atoms with E-state index in [9.17, 15) is 17.6 Å². The van der Waals surface area contributed by atoms with Crippen molar-refractivity contribution in [1.82, 2.24) is 0 Å². The van der Waals surface area contributed by atoms with Crippen LogP contribution in [-0.4, -0.2) is 19.1 Å². The van der Waals surface area contributed by atoms with Crippen molar-refractivity contribution in [3.8, 4) is 11.5 Å². The van der Waals surface area contributed by atoms with Gasteiger partial charge in [-0.3, -0.25) is 4.79 Å². The predicted octanol–water partition coefficient (Wildman–Crippen LogP) is 5.58. The molecule has 0 aliphatic heterocycles. The van der Waals surface area contributed by atoms with Crippen LogP contribution in [0.2, 0.25) is 0 Å². The van der Waals surface area contributed by atoms with Crippen molar-refractivity contribution in [1.29, 1.82) is 0 Å². The molecule has 1 N–H and O–H groups in total. The minimum atomic E-state index is -3.33. The molecule has 0 heterocycles. The molecule has 0 aliphatic carbocycles. The van der Waals surface area contributed by atoms with Gasteiger partial charge in [-0.15, -0.1) is 0 Å². The Labute approximate surface area is 181 Å². The Morgan fingerprint density at radius 2 is 1.61 bits per heavy atom. The maximum absolute atomic E-state index is 13.3. The second kappa shape index (κ2) is 8.89. The average molecular weight is 442 g/mol. The summed E-state index contributed by atoms with van der Waals surface area (Å²) >= 11 is 0. The number of ether oxygens (including phenoxy) is 1. The molecule has 7 heteroatoms. The van der Waals surface area contributed by atoms with E-state index in [-0.39, 0.29) is 11.7 Å². The maximum Gasteiger partial charge on any atom is 0.255 e. The van der Waals surface area contributed by atoms with Crippen molar-refractivity contribution in [3.05, 3.63) is 89.7 Å². The van der Waals surface area contributed by atoms with Gasteiger partial charge in [0.1, 0.15) is 17.3 Å². The molecule has 0 saturated heterocycles. The van der Waals surface area contributed by atoms with Crippen LogP contribution in [0.1, 0.15) is 36.7 Å². The highest BCUT2D eigenvalue weighted by molar-refractivity contribution is 7.91. The molecule has 0 unspecified atom stereocenters. The van der Waals surface area contributed by atoms with Crippen LogP contribution in [-0.2, 0) is 15.6 Å². The number of anilines is 1. The van der Waals surface area contributed by atoms with Crippen LogP contribution in [0, 0.1) is 5.82 Å². The average Bonchev–Trinajstić information content (AvgIpc) is 2.67. The Morgan fingerprint density at radius 3 is 2.26 bits per heavy atom. The van der Waals surface area contributed by atoms with Gasteiger partial charge in [0.2, 0.25) is 0 Å². The van der Waals surface area contributed by atoms with E-state index in [0.717, 1.165) is 0 Å². The zero-order valence-corrected chi connectivity index (χ0v) is 18.4. The second-order valence-corrected chi connectivity index (χ2v) is 10.9. The number of benzene rings is 3. The van der Waals surface area contributed by atoms with Gasteiger partial charge >= 0.3 is 0 Å². The molecule has 3 aromatic carbocycles. The summed E-state index contributed by atoms with van der Waals surface area (Å²) in [6.07, 6.45) is 0. The van der Waals surface area contributed by atoms with Crippen LogP contribution in [0.4, 0.5) is 10.1 Å². The van der Waals surface area contributed by atoms with E-state index >= 15 is 0 Å². The van der Waals surface area contributed by atoms with Gasteiger partial charge in [-0.1, -0.05) is 18.2 Å². The number of hydrogen-bond acceptors (Lipinski definition) is 4. The van der Waals surface area contributed by atoms with Crippen LogP contribution in [0.25, 0.3) is 0 Å². The molecule has 3 aromatic rings. The highest BCUT2D eigenvalue weighted by atomic mass is 32.2. The number of sulfone groups is 1. The molecular formula is C24H24FNO4S. The molecule has 0 aromatic heterocycles. The van der Waals surface area contributed by atoms with Crippen LogP contribution in [0.15, 0.2) is 72.8 Å². The Hall–Kier alpha value is -3.19. The fourth-order valence-electron chi connectivity index (χ4n) is 2.72. The molecule has 1 amide bonds. The summed E-state index contributed by atoms with van der Waals surface area (Å²) in [5.41, 5.74) is 1.51. The highest BCUT2D eigenvalue weighted by Crippen LogP contribution is 2.24. The molecule has 0 bridgehead atoms. The van der Waals surface area contributed by atoms with E-state index in [2.05, 4.69) is 5.32 Å². The van der Waals surface area contributed by atoms with Gasteiger partial charge in [-0.05, 0) is 74.9 Å². The third kappa shape index (κ3) is 5.92. The van der Waals surface area contributed by atoms with Gasteiger partial charge in [0.05, 0.1) is 10.5 Å². The zero-order valence-electron chi connectivity index (χ0n) is 17.6. The van der Waals surface area contributed by atoms with Crippen molar-refractivity contribution in [2.24, 2.45) is 0 Å². The molecule has 5 nitrogen and oxygen atoms in total. The first-order valence-corrected chi connectivity index (χ1v) is 11.3. The molecule has 162 valence electrons. The monoisotopic (exact) mass is 441 g/mol. The van der Waals surface area contributed by atoms with Crippen LogP contribution >= 0.6 is 0 Å². The smallest absolute Gasteiger partial charge is 0.255 e. The van der Waals surface area contributed by atoms with Crippen LogP contribution in [0.3, 0.4) is 0 Å². The summed E-state index contributed by atoms with van der Waals surface area (Å²) in [5.74, 6) is -0.0123. The Morgan fingerprint density at radius 1 is 0.935 bits per heavy atom. The van der Waals surface area contributed by atoms with Crippen molar-refractivity contribution >= 4 is 21.4 Å². The first kappa shape index (κ1) is 22.5. The largest absolute Gasteiger partial charge is 0.457 e. The van der Waals surface area contributed by atoms with E-state index in [4.69, 9.17) is 4.74 Å². The summed E-state index contributed by atoms with van der Waals surface area (Å²) in [6.45, 7) is 4.99. The zero-order chi connectivity index (χ0) is 22.6. The first-order valence-electron chi connectivity index (χ1n) is 9.70. The number of amides is 1. The minimum Gasteiger partial charge on any atom is -0.457 e. The molecule has 0 radical (unpaired) electrons. The van der Waals surface area contributed by atoms with Crippen molar-refractivity contribution in [2.45, 2.75) is 31.3 Å². The second-order valence-electron chi connectivity index (χ2n) is 8.11. The third-order valence-corrected chi connectivity index (χ3v) is 7.20. The maximum atomic E-state index is 13.3. The molecule has 31 heavy (non-hydrogen) atoms.